The van der Waals surface area contributed by atoms with Crippen LogP contribution in [0.3, 0.4) is 0 Å². The number of fused-ring (bicyclic) bond motifs is 8. The molecule has 0 atom stereocenters. The van der Waals surface area contributed by atoms with Gasteiger partial charge < -0.3 is 29.8 Å². The number of H-pyrrole nitrogens is 2. The number of carboxylic acid groups (broad SMARTS) is 2. The van der Waals surface area contributed by atoms with Crippen molar-refractivity contribution < 1.29 is 39.3 Å². The standard InChI is InChI=1S/C34H38N4O4.Zn/c1-7-21-17(3)25-13-26-19(5)23(9-11-33(39)40)31(37-26)16-32-24(10-12-34(41)42)20(6)28(38-32)15-30-22(8-2)18(4)27(36-30)14-29(21)35-25;/h13-16,35-36H,7-12H2,1-6H3,(H,39,40)(H,41,42);/q;+2/p-2. The van der Waals surface area contributed by atoms with Gasteiger partial charge in [-0.15, -0.1) is 0 Å². The maximum absolute atomic E-state index is 11.4. The molecule has 8 bridgehead atoms. The summed E-state index contributed by atoms with van der Waals surface area (Å²) in [4.78, 5) is 40.0. The van der Waals surface area contributed by atoms with Crippen molar-refractivity contribution >= 4 is 56.3 Å². The molecule has 3 aromatic rings. The van der Waals surface area contributed by atoms with Crippen molar-refractivity contribution in [1.82, 2.24) is 19.9 Å². The van der Waals surface area contributed by atoms with Gasteiger partial charge in [-0.3, -0.25) is 0 Å². The predicted molar refractivity (Wildman–Crippen MR) is 163 cm³/mol. The number of nitrogens with one attached hydrogen (secondary N) is 2. The van der Waals surface area contributed by atoms with Crippen molar-refractivity contribution in [3.05, 3.63) is 69.3 Å². The number of carbonyl (C=O) groups excluding carboxylic acids is 2. The monoisotopic (exact) mass is 628 g/mol. The zero-order valence-corrected chi connectivity index (χ0v) is 28.8. The number of aromatic amines is 2. The van der Waals surface area contributed by atoms with Crippen molar-refractivity contribution in [3.63, 3.8) is 0 Å². The molecule has 218 valence electrons. The summed E-state index contributed by atoms with van der Waals surface area (Å²) in [7, 11) is 0. The van der Waals surface area contributed by atoms with Crippen LogP contribution in [0.15, 0.2) is 24.3 Å². The second-order valence-corrected chi connectivity index (χ2v) is 11.1. The van der Waals surface area contributed by atoms with E-state index in [0.29, 0.717) is 11.4 Å². The van der Waals surface area contributed by atoms with Crippen LogP contribution in [-0.2, 0) is 41.9 Å². The van der Waals surface area contributed by atoms with E-state index >= 15 is 0 Å². The van der Waals surface area contributed by atoms with Gasteiger partial charge in [-0.1, -0.05) is 13.8 Å². The summed E-state index contributed by atoms with van der Waals surface area (Å²) in [6, 6.07) is 8.09. The molecule has 0 amide bonds. The van der Waals surface area contributed by atoms with Gasteiger partial charge in [-0.05, 0) is 135 Å². The first-order valence-corrected chi connectivity index (χ1v) is 14.6. The summed E-state index contributed by atoms with van der Waals surface area (Å²) in [5.74, 6) is -2.25. The summed E-state index contributed by atoms with van der Waals surface area (Å²) in [5.41, 5.74) is 14.9. The van der Waals surface area contributed by atoms with Gasteiger partial charge in [0.2, 0.25) is 0 Å². The Balaban J connectivity index is 0.00000423. The number of hydrogen-bond donors (Lipinski definition) is 2. The van der Waals surface area contributed by atoms with Crippen LogP contribution in [0.25, 0.3) is 44.4 Å². The van der Waals surface area contributed by atoms with Gasteiger partial charge in [0.15, 0.2) is 0 Å². The molecule has 0 aliphatic carbocycles. The number of aryl methyl sites for hydroxylation is 4. The Labute approximate surface area is 264 Å². The van der Waals surface area contributed by atoms with Crippen LogP contribution in [0, 0.1) is 13.8 Å². The molecule has 8 nitrogen and oxygen atoms in total. The first kappa shape index (κ1) is 32.1. The minimum Gasteiger partial charge on any atom is -0.550 e. The summed E-state index contributed by atoms with van der Waals surface area (Å²) in [6.07, 6.45) is 1.96. The summed E-state index contributed by atoms with van der Waals surface area (Å²) in [5, 5.41) is 22.8. The quantitative estimate of drug-likeness (QED) is 0.337. The molecule has 0 unspecified atom stereocenters. The molecule has 0 saturated carbocycles. The SMILES string of the molecule is CCc1c(C)c2cc3[nH]c(cc4nc(cc5nc(cc1[nH]2)C(C)=C5CCC(=O)[O-])C(CCC(=O)[O-])=C4C)c(C)c3CC.[Zn+2]. The topological polar surface area (TPSA) is 138 Å². The summed E-state index contributed by atoms with van der Waals surface area (Å²) >= 11 is 0. The number of aromatic nitrogens is 4. The Hall–Kier alpha value is -3.84. The molecule has 0 saturated heterocycles. The van der Waals surface area contributed by atoms with E-state index in [1.54, 1.807) is 0 Å². The van der Waals surface area contributed by atoms with Crippen LogP contribution in [0.2, 0.25) is 0 Å². The van der Waals surface area contributed by atoms with E-state index < -0.39 is 11.9 Å². The number of carboxylic acids is 2. The molecule has 2 aliphatic rings. The average molecular weight is 630 g/mol. The molecular formula is C34H36N4O4Zn. The van der Waals surface area contributed by atoms with E-state index in [1.807, 2.05) is 32.0 Å². The molecule has 2 aliphatic heterocycles. The van der Waals surface area contributed by atoms with Crippen LogP contribution in [0.4, 0.5) is 0 Å². The van der Waals surface area contributed by atoms with Crippen LogP contribution < -0.4 is 10.2 Å². The molecule has 9 heteroatoms. The van der Waals surface area contributed by atoms with Gasteiger partial charge in [0.25, 0.3) is 0 Å². The number of nitrogens with zero attached hydrogens (tertiary/aromatic N) is 2. The molecule has 3 aromatic heterocycles. The van der Waals surface area contributed by atoms with Gasteiger partial charge in [0, 0.05) is 34.0 Å². The van der Waals surface area contributed by atoms with Crippen LogP contribution in [0.5, 0.6) is 0 Å². The largest absolute Gasteiger partial charge is 2.00 e. The van der Waals surface area contributed by atoms with Crippen molar-refractivity contribution in [2.24, 2.45) is 0 Å². The molecule has 43 heavy (non-hydrogen) atoms. The third kappa shape index (κ3) is 6.14. The van der Waals surface area contributed by atoms with Crippen LogP contribution >= 0.6 is 0 Å². The smallest absolute Gasteiger partial charge is 0.550 e. The molecule has 2 N–H and O–H groups in total. The maximum Gasteiger partial charge on any atom is 2.00 e. The fourth-order valence-electron chi connectivity index (χ4n) is 6.21. The van der Waals surface area contributed by atoms with Crippen molar-refractivity contribution in [1.29, 1.82) is 0 Å². The van der Waals surface area contributed by atoms with Gasteiger partial charge in [0.1, 0.15) is 0 Å². The van der Waals surface area contributed by atoms with E-state index in [-0.39, 0.29) is 45.2 Å². The second-order valence-electron chi connectivity index (χ2n) is 11.1. The fourth-order valence-corrected chi connectivity index (χ4v) is 6.21. The second kappa shape index (κ2) is 12.8. The molecule has 5 rings (SSSR count). The minimum atomic E-state index is -1.13. The van der Waals surface area contributed by atoms with Crippen LogP contribution in [-0.4, -0.2) is 31.9 Å². The molecule has 0 spiro atoms. The third-order valence-electron chi connectivity index (χ3n) is 8.67. The van der Waals surface area contributed by atoms with E-state index in [4.69, 9.17) is 9.97 Å². The van der Waals surface area contributed by atoms with Crippen molar-refractivity contribution in [3.8, 4) is 0 Å². The Morgan fingerprint density at radius 1 is 0.628 bits per heavy atom. The van der Waals surface area contributed by atoms with E-state index in [2.05, 4.69) is 43.7 Å². The van der Waals surface area contributed by atoms with E-state index in [1.165, 1.54) is 16.7 Å². The molecule has 5 heterocycles. The zero-order chi connectivity index (χ0) is 30.3. The van der Waals surface area contributed by atoms with Gasteiger partial charge >= 0.3 is 19.5 Å². The maximum atomic E-state index is 11.4. The predicted octanol–water partition coefficient (Wildman–Crippen LogP) is 4.98. The van der Waals surface area contributed by atoms with E-state index in [9.17, 15) is 19.8 Å². The first-order chi connectivity index (χ1) is 20.0. The van der Waals surface area contributed by atoms with Crippen molar-refractivity contribution in [2.45, 2.75) is 80.1 Å². The fraction of sp³-hybridized carbons (Fsp3) is 0.353. The van der Waals surface area contributed by atoms with Gasteiger partial charge in [-0.25, -0.2) is 9.97 Å². The van der Waals surface area contributed by atoms with Gasteiger partial charge in [0.05, 0.1) is 22.8 Å². The van der Waals surface area contributed by atoms with E-state index in [0.717, 1.165) is 74.2 Å². The number of aliphatic carboxylic acids is 2. The summed E-state index contributed by atoms with van der Waals surface area (Å²) < 4.78 is 0. The average Bonchev–Trinajstić information content (AvgIpc) is 3.59. The minimum absolute atomic E-state index is 0. The Morgan fingerprint density at radius 2 is 1.02 bits per heavy atom. The third-order valence-corrected chi connectivity index (χ3v) is 8.67. The molecule has 0 fully saturated rings. The first-order valence-electron chi connectivity index (χ1n) is 14.6. The molecular weight excluding hydrogens is 594 g/mol. The summed E-state index contributed by atoms with van der Waals surface area (Å²) in [6.45, 7) is 12.4. The Morgan fingerprint density at radius 3 is 1.44 bits per heavy atom. The van der Waals surface area contributed by atoms with Crippen LogP contribution in [0.1, 0.15) is 98.4 Å². The molecule has 0 radical (unpaired) electrons. The normalized spacial score (nSPS) is 13.0. The van der Waals surface area contributed by atoms with Crippen molar-refractivity contribution in [2.75, 3.05) is 0 Å². The number of rotatable bonds is 8. The Kier molecular flexibility index (Phi) is 9.55. The number of hydrogen-bond acceptors (Lipinski definition) is 6. The number of carbonyl (C=O) groups is 2. The molecule has 0 aromatic carbocycles. The Bertz CT molecular complexity index is 1860. The number of allylic oxidation sites excluding steroid dienone is 4. The zero-order valence-electron chi connectivity index (χ0n) is 25.8. The van der Waals surface area contributed by atoms with Gasteiger partial charge in [-0.2, -0.15) is 0 Å².